The fraction of sp³-hybridized carbons (Fsp3) is 0.556. The predicted molar refractivity (Wildman–Crippen MR) is 74.0 cm³/mol. The summed E-state index contributed by atoms with van der Waals surface area (Å²) >= 11 is 18.3. The van der Waals surface area contributed by atoms with Crippen LogP contribution < -0.4 is 4.72 Å². The third-order valence-corrected chi connectivity index (χ3v) is 5.90. The van der Waals surface area contributed by atoms with Gasteiger partial charge in [-0.1, -0.05) is 37.0 Å². The Kier molecular flexibility index (Phi) is 5.15. The molecule has 1 rings (SSSR count). The molecule has 8 heteroatoms. The van der Waals surface area contributed by atoms with E-state index in [1.54, 1.807) is 0 Å². The zero-order valence-electron chi connectivity index (χ0n) is 9.26. The summed E-state index contributed by atoms with van der Waals surface area (Å²) < 4.78 is 26.8. The van der Waals surface area contributed by atoms with E-state index >= 15 is 0 Å². The molecule has 17 heavy (non-hydrogen) atoms. The van der Waals surface area contributed by atoms with Crippen molar-refractivity contribution >= 4 is 56.2 Å². The van der Waals surface area contributed by atoms with Gasteiger partial charge in [-0.05, 0) is 11.5 Å². The second kappa shape index (κ2) is 5.63. The molecule has 3 nitrogen and oxygen atoms in total. The summed E-state index contributed by atoms with van der Waals surface area (Å²) in [6.07, 6.45) is 0. The number of hydrogen-bond acceptors (Lipinski definition) is 3. The number of sulfonamides is 1. The lowest BCUT2D eigenvalue weighted by Gasteiger charge is -2.21. The molecule has 0 aliphatic carbocycles. The zero-order chi connectivity index (χ0) is 13.3. The summed E-state index contributed by atoms with van der Waals surface area (Å²) in [5, 5.41) is 0. The number of halogens is 3. The highest BCUT2D eigenvalue weighted by atomic mass is 35.5. The Morgan fingerprint density at radius 3 is 2.41 bits per heavy atom. The van der Waals surface area contributed by atoms with Crippen LogP contribution in [-0.2, 0) is 10.0 Å². The third kappa shape index (κ3) is 4.26. The molecule has 0 saturated carbocycles. The van der Waals surface area contributed by atoms with Crippen LogP contribution in [0.1, 0.15) is 13.8 Å². The highest BCUT2D eigenvalue weighted by Gasteiger charge is 2.24. The summed E-state index contributed by atoms with van der Waals surface area (Å²) in [5.41, 5.74) is -0.319. The smallest absolute Gasteiger partial charge is 0.210 e. The normalized spacial score (nSPS) is 13.0. The zero-order valence-corrected chi connectivity index (χ0v) is 13.2. The Bertz CT molecular complexity index is 496. The summed E-state index contributed by atoms with van der Waals surface area (Å²) in [5.74, 6) is 0.355. The lowest BCUT2D eigenvalue weighted by molar-refractivity contribution is 0.414. The van der Waals surface area contributed by atoms with Crippen molar-refractivity contribution in [2.24, 2.45) is 5.41 Å². The maximum atomic E-state index is 11.9. The van der Waals surface area contributed by atoms with Gasteiger partial charge in [-0.3, -0.25) is 0 Å². The Morgan fingerprint density at radius 1 is 1.41 bits per heavy atom. The summed E-state index contributed by atoms with van der Waals surface area (Å²) in [7, 11) is -3.63. The van der Waals surface area contributed by atoms with Crippen molar-refractivity contribution in [1.29, 1.82) is 0 Å². The van der Waals surface area contributed by atoms with Gasteiger partial charge >= 0.3 is 0 Å². The fourth-order valence-electron chi connectivity index (χ4n) is 0.924. The van der Waals surface area contributed by atoms with Gasteiger partial charge in [0.1, 0.15) is 9.23 Å². The second-order valence-electron chi connectivity index (χ2n) is 4.31. The van der Waals surface area contributed by atoms with Crippen molar-refractivity contribution in [1.82, 2.24) is 4.72 Å². The van der Waals surface area contributed by atoms with E-state index in [4.69, 9.17) is 34.8 Å². The number of thiophene rings is 1. The summed E-state index contributed by atoms with van der Waals surface area (Å²) in [6, 6.07) is 1.34. The first-order chi connectivity index (χ1) is 7.68. The van der Waals surface area contributed by atoms with E-state index in [0.29, 0.717) is 10.2 Å². The molecule has 98 valence electrons. The van der Waals surface area contributed by atoms with Crippen molar-refractivity contribution in [3.63, 3.8) is 0 Å². The maximum Gasteiger partial charge on any atom is 0.242 e. The minimum atomic E-state index is -3.63. The fourth-order valence-corrected chi connectivity index (χ4v) is 4.41. The van der Waals surface area contributed by atoms with Gasteiger partial charge in [-0.2, -0.15) is 0 Å². The quantitative estimate of drug-likeness (QED) is 0.835. The minimum absolute atomic E-state index is 0.0135. The number of alkyl halides is 1. The van der Waals surface area contributed by atoms with Crippen molar-refractivity contribution in [3.8, 4) is 0 Å². The van der Waals surface area contributed by atoms with Crippen LogP contribution in [-0.4, -0.2) is 20.8 Å². The van der Waals surface area contributed by atoms with E-state index in [-0.39, 0.29) is 21.2 Å². The highest BCUT2D eigenvalue weighted by molar-refractivity contribution is 7.89. The molecule has 0 radical (unpaired) electrons. The van der Waals surface area contributed by atoms with Gasteiger partial charge < -0.3 is 0 Å². The molecular formula is C9H12Cl3NO2S2. The molecule has 0 fully saturated rings. The van der Waals surface area contributed by atoms with E-state index < -0.39 is 10.0 Å². The van der Waals surface area contributed by atoms with Gasteiger partial charge in [0.05, 0.1) is 4.34 Å². The Morgan fingerprint density at radius 2 is 2.00 bits per heavy atom. The first-order valence-corrected chi connectivity index (χ1v) is 8.27. The Balaban J connectivity index is 2.87. The van der Waals surface area contributed by atoms with E-state index in [9.17, 15) is 8.42 Å². The standard InChI is InChI=1S/C9H12Cl3NO2S2/c1-9(2,4-10)5-13-17(14,15)6-3-7(11)16-8(6)12/h3,13H,4-5H2,1-2H3. The van der Waals surface area contributed by atoms with E-state index in [1.807, 2.05) is 13.8 Å². The molecule has 0 unspecified atom stereocenters. The molecule has 1 aromatic rings. The molecule has 0 bridgehead atoms. The lowest BCUT2D eigenvalue weighted by Crippen LogP contribution is -2.34. The van der Waals surface area contributed by atoms with Crippen LogP contribution in [0.2, 0.25) is 8.67 Å². The predicted octanol–water partition coefficient (Wildman–Crippen LogP) is 3.60. The van der Waals surface area contributed by atoms with Gasteiger partial charge in [0, 0.05) is 12.4 Å². The van der Waals surface area contributed by atoms with Gasteiger partial charge in [-0.15, -0.1) is 22.9 Å². The molecule has 1 heterocycles. The van der Waals surface area contributed by atoms with Crippen LogP contribution in [0.15, 0.2) is 11.0 Å². The molecule has 1 aromatic heterocycles. The lowest BCUT2D eigenvalue weighted by atomic mass is 9.97. The average Bonchev–Trinajstić information content (AvgIpc) is 2.56. The van der Waals surface area contributed by atoms with Gasteiger partial charge in [0.25, 0.3) is 0 Å². The highest BCUT2D eigenvalue weighted by Crippen LogP contribution is 2.34. The number of hydrogen-bond donors (Lipinski definition) is 1. The number of nitrogens with one attached hydrogen (secondary N) is 1. The second-order valence-corrected chi connectivity index (χ2v) is 8.60. The first kappa shape index (κ1) is 15.5. The van der Waals surface area contributed by atoms with Crippen LogP contribution in [0, 0.1) is 5.41 Å². The molecule has 0 spiro atoms. The molecule has 1 N–H and O–H groups in total. The van der Waals surface area contributed by atoms with Crippen molar-refractivity contribution in [3.05, 3.63) is 14.7 Å². The van der Waals surface area contributed by atoms with Crippen LogP contribution in [0.25, 0.3) is 0 Å². The minimum Gasteiger partial charge on any atom is -0.210 e. The number of rotatable bonds is 5. The molecule has 0 aromatic carbocycles. The summed E-state index contributed by atoms with van der Waals surface area (Å²) in [6.45, 7) is 3.97. The SMILES string of the molecule is CC(C)(CCl)CNS(=O)(=O)c1cc(Cl)sc1Cl. The monoisotopic (exact) mass is 335 g/mol. The molecule has 0 aliphatic heterocycles. The van der Waals surface area contributed by atoms with Gasteiger partial charge in [0.15, 0.2) is 0 Å². The molecule has 0 saturated heterocycles. The van der Waals surface area contributed by atoms with Crippen molar-refractivity contribution in [2.75, 3.05) is 12.4 Å². The molecule has 0 aliphatic rings. The van der Waals surface area contributed by atoms with E-state index in [2.05, 4.69) is 4.72 Å². The third-order valence-electron chi connectivity index (χ3n) is 2.02. The average molecular weight is 337 g/mol. The van der Waals surface area contributed by atoms with Crippen LogP contribution >= 0.6 is 46.1 Å². The van der Waals surface area contributed by atoms with E-state index in [0.717, 1.165) is 11.3 Å². The van der Waals surface area contributed by atoms with Crippen LogP contribution in [0.3, 0.4) is 0 Å². The van der Waals surface area contributed by atoms with Crippen LogP contribution in [0.5, 0.6) is 0 Å². The maximum absolute atomic E-state index is 11.9. The van der Waals surface area contributed by atoms with Gasteiger partial charge in [0.2, 0.25) is 10.0 Å². The van der Waals surface area contributed by atoms with Crippen molar-refractivity contribution < 1.29 is 8.42 Å². The van der Waals surface area contributed by atoms with Crippen LogP contribution in [0.4, 0.5) is 0 Å². The molecule has 0 amide bonds. The topological polar surface area (TPSA) is 46.2 Å². The molecular weight excluding hydrogens is 325 g/mol. The van der Waals surface area contributed by atoms with E-state index in [1.165, 1.54) is 6.07 Å². The Hall–Kier alpha value is 0.480. The first-order valence-electron chi connectivity index (χ1n) is 4.68. The van der Waals surface area contributed by atoms with Gasteiger partial charge in [-0.25, -0.2) is 13.1 Å². The summed E-state index contributed by atoms with van der Waals surface area (Å²) in [4.78, 5) is 0.0135. The largest absolute Gasteiger partial charge is 0.242 e. The molecule has 0 atom stereocenters. The Labute approximate surface area is 120 Å². The van der Waals surface area contributed by atoms with Crippen molar-refractivity contribution in [2.45, 2.75) is 18.7 Å².